The number of thiazole rings is 1. The van der Waals surface area contributed by atoms with E-state index in [1.165, 1.54) is 27.8 Å². The molecule has 0 aliphatic heterocycles. The summed E-state index contributed by atoms with van der Waals surface area (Å²) in [6.45, 7) is 0. The van der Waals surface area contributed by atoms with Crippen LogP contribution in [0, 0.1) is 0 Å². The Morgan fingerprint density at radius 1 is 1.16 bits per heavy atom. The lowest BCUT2D eigenvalue weighted by Gasteiger charge is -2.04. The SMILES string of the molecule is COc1ccc(-c2nnc(SCc3csc(CC(=O)Nc4ccccc4)n3)n2N)cc1. The molecule has 2 aromatic heterocycles. The van der Waals surface area contributed by atoms with Crippen molar-refractivity contribution in [2.24, 2.45) is 0 Å². The van der Waals surface area contributed by atoms with E-state index in [0.29, 0.717) is 16.7 Å². The van der Waals surface area contributed by atoms with E-state index in [1.807, 2.05) is 60.0 Å². The minimum atomic E-state index is -0.0920. The van der Waals surface area contributed by atoms with Crippen LogP contribution >= 0.6 is 23.1 Å². The van der Waals surface area contributed by atoms with Crippen LogP contribution in [0.1, 0.15) is 10.7 Å². The largest absolute Gasteiger partial charge is 0.497 e. The molecule has 0 unspecified atom stereocenters. The number of aromatic nitrogens is 4. The van der Waals surface area contributed by atoms with Gasteiger partial charge in [0.05, 0.1) is 19.2 Å². The Kier molecular flexibility index (Phi) is 6.48. The standard InChI is InChI=1S/C21H20N6O2S2/c1-29-17-9-7-14(8-10-17)20-25-26-21(27(20)22)31-13-16-12-30-19(24-16)11-18(28)23-15-5-3-2-4-6-15/h2-10,12H,11,13,22H2,1H3,(H,23,28). The van der Waals surface area contributed by atoms with Gasteiger partial charge < -0.3 is 15.9 Å². The lowest BCUT2D eigenvalue weighted by molar-refractivity contribution is -0.115. The molecule has 8 nitrogen and oxygen atoms in total. The molecule has 1 amide bonds. The average Bonchev–Trinajstić information content (AvgIpc) is 3.39. The molecule has 0 bridgehead atoms. The van der Waals surface area contributed by atoms with Crippen LogP contribution in [0.25, 0.3) is 11.4 Å². The number of hydrogen-bond donors (Lipinski definition) is 2. The smallest absolute Gasteiger partial charge is 0.231 e. The maximum absolute atomic E-state index is 12.2. The second-order valence-corrected chi connectivity index (χ2v) is 8.40. The Labute approximate surface area is 187 Å². The minimum Gasteiger partial charge on any atom is -0.497 e. The molecule has 10 heteroatoms. The Balaban J connectivity index is 1.34. The molecular formula is C21H20N6O2S2. The van der Waals surface area contributed by atoms with E-state index in [4.69, 9.17) is 10.6 Å². The van der Waals surface area contributed by atoms with Gasteiger partial charge in [0, 0.05) is 22.4 Å². The summed E-state index contributed by atoms with van der Waals surface area (Å²) in [5, 5.41) is 14.5. The van der Waals surface area contributed by atoms with Gasteiger partial charge in [-0.05, 0) is 36.4 Å². The summed E-state index contributed by atoms with van der Waals surface area (Å²) in [7, 11) is 1.62. The van der Waals surface area contributed by atoms with Gasteiger partial charge in [-0.1, -0.05) is 30.0 Å². The fourth-order valence-electron chi connectivity index (χ4n) is 2.81. The average molecular weight is 453 g/mol. The molecule has 4 rings (SSSR count). The van der Waals surface area contributed by atoms with Crippen LogP contribution in [0.4, 0.5) is 5.69 Å². The monoisotopic (exact) mass is 452 g/mol. The summed E-state index contributed by atoms with van der Waals surface area (Å²) in [5.41, 5.74) is 2.49. The minimum absolute atomic E-state index is 0.0920. The number of para-hydroxylation sites is 1. The number of thioether (sulfide) groups is 1. The van der Waals surface area contributed by atoms with E-state index in [0.717, 1.165) is 27.7 Å². The second-order valence-electron chi connectivity index (χ2n) is 6.52. The summed E-state index contributed by atoms with van der Waals surface area (Å²) in [6, 6.07) is 16.8. The lowest BCUT2D eigenvalue weighted by atomic mass is 10.2. The molecule has 0 saturated heterocycles. The molecule has 0 atom stereocenters. The zero-order valence-corrected chi connectivity index (χ0v) is 18.3. The molecule has 0 radical (unpaired) electrons. The Bertz CT molecular complexity index is 1160. The highest BCUT2D eigenvalue weighted by atomic mass is 32.2. The van der Waals surface area contributed by atoms with Crippen LogP contribution in [0.15, 0.2) is 65.1 Å². The normalized spacial score (nSPS) is 10.7. The van der Waals surface area contributed by atoms with Gasteiger partial charge in [0.25, 0.3) is 0 Å². The van der Waals surface area contributed by atoms with Crippen molar-refractivity contribution in [3.05, 3.63) is 70.7 Å². The molecule has 4 aromatic rings. The van der Waals surface area contributed by atoms with Gasteiger partial charge in [-0.15, -0.1) is 21.5 Å². The third-order valence-corrected chi connectivity index (χ3v) is 6.20. The zero-order chi connectivity index (χ0) is 21.6. The van der Waals surface area contributed by atoms with Crippen molar-refractivity contribution in [2.45, 2.75) is 17.3 Å². The molecule has 31 heavy (non-hydrogen) atoms. The molecule has 3 N–H and O–H groups in total. The van der Waals surface area contributed by atoms with E-state index in [9.17, 15) is 4.79 Å². The third-order valence-electron chi connectivity index (χ3n) is 4.33. The van der Waals surface area contributed by atoms with E-state index in [2.05, 4.69) is 20.5 Å². The molecule has 158 valence electrons. The fourth-order valence-corrected chi connectivity index (χ4v) is 4.46. The Morgan fingerprint density at radius 2 is 1.94 bits per heavy atom. The van der Waals surface area contributed by atoms with Crippen LogP contribution in [0.2, 0.25) is 0 Å². The number of nitrogen functional groups attached to an aromatic ring is 1. The van der Waals surface area contributed by atoms with Crippen molar-refractivity contribution in [1.82, 2.24) is 19.9 Å². The summed E-state index contributed by atoms with van der Waals surface area (Å²) < 4.78 is 6.64. The number of amides is 1. The predicted molar refractivity (Wildman–Crippen MR) is 123 cm³/mol. The molecular weight excluding hydrogens is 432 g/mol. The highest BCUT2D eigenvalue weighted by Crippen LogP contribution is 2.26. The van der Waals surface area contributed by atoms with Crippen molar-refractivity contribution >= 4 is 34.7 Å². The van der Waals surface area contributed by atoms with Crippen molar-refractivity contribution in [2.75, 3.05) is 18.3 Å². The van der Waals surface area contributed by atoms with Crippen LogP contribution < -0.4 is 15.9 Å². The highest BCUT2D eigenvalue weighted by molar-refractivity contribution is 7.98. The number of nitrogens with two attached hydrogens (primary N) is 1. The summed E-state index contributed by atoms with van der Waals surface area (Å²) in [6.07, 6.45) is 0.235. The van der Waals surface area contributed by atoms with E-state index >= 15 is 0 Å². The van der Waals surface area contributed by atoms with Crippen LogP contribution in [-0.4, -0.2) is 32.9 Å². The molecule has 2 aromatic carbocycles. The topological polar surface area (TPSA) is 108 Å². The molecule has 0 aliphatic carbocycles. The number of nitrogens with zero attached hydrogens (tertiary/aromatic N) is 4. The van der Waals surface area contributed by atoms with Crippen molar-refractivity contribution in [3.8, 4) is 17.1 Å². The molecule has 0 fully saturated rings. The first-order chi connectivity index (χ1) is 15.1. The number of nitrogens with one attached hydrogen (secondary N) is 1. The van der Waals surface area contributed by atoms with Gasteiger partial charge in [-0.25, -0.2) is 9.66 Å². The van der Waals surface area contributed by atoms with Crippen LogP contribution in [0.3, 0.4) is 0 Å². The van der Waals surface area contributed by atoms with Gasteiger partial charge >= 0.3 is 0 Å². The van der Waals surface area contributed by atoms with Gasteiger partial charge in [-0.2, -0.15) is 0 Å². The summed E-state index contributed by atoms with van der Waals surface area (Å²) in [4.78, 5) is 16.7. The zero-order valence-electron chi connectivity index (χ0n) is 16.7. The number of anilines is 1. The maximum atomic E-state index is 12.2. The molecule has 0 spiro atoms. The lowest BCUT2D eigenvalue weighted by Crippen LogP contribution is -2.14. The predicted octanol–water partition coefficient (Wildman–Crippen LogP) is 3.60. The number of carbonyl (C=O) groups is 1. The van der Waals surface area contributed by atoms with Gasteiger partial charge in [0.1, 0.15) is 10.8 Å². The first-order valence-corrected chi connectivity index (χ1v) is 11.2. The summed E-state index contributed by atoms with van der Waals surface area (Å²) >= 11 is 2.90. The number of methoxy groups -OCH3 is 1. The first kappa shape index (κ1) is 20.9. The van der Waals surface area contributed by atoms with E-state index in [-0.39, 0.29) is 12.3 Å². The van der Waals surface area contributed by atoms with E-state index < -0.39 is 0 Å². The molecule has 0 aliphatic rings. The maximum Gasteiger partial charge on any atom is 0.231 e. The molecule has 2 heterocycles. The third kappa shape index (κ3) is 5.22. The van der Waals surface area contributed by atoms with Crippen molar-refractivity contribution in [3.63, 3.8) is 0 Å². The fraction of sp³-hybridized carbons (Fsp3) is 0.143. The van der Waals surface area contributed by atoms with Crippen LogP contribution in [0.5, 0.6) is 5.75 Å². The Hall–Kier alpha value is -3.37. The second kappa shape index (κ2) is 9.63. The number of ether oxygens (including phenoxy) is 1. The Morgan fingerprint density at radius 3 is 2.68 bits per heavy atom. The van der Waals surface area contributed by atoms with Crippen LogP contribution in [-0.2, 0) is 17.0 Å². The van der Waals surface area contributed by atoms with Gasteiger partial charge in [-0.3, -0.25) is 4.79 Å². The van der Waals surface area contributed by atoms with E-state index in [1.54, 1.807) is 7.11 Å². The first-order valence-electron chi connectivity index (χ1n) is 9.38. The quantitative estimate of drug-likeness (QED) is 0.311. The number of benzene rings is 2. The summed E-state index contributed by atoms with van der Waals surface area (Å²) in [5.74, 6) is 8.00. The van der Waals surface area contributed by atoms with Gasteiger partial charge in [0.15, 0.2) is 5.82 Å². The number of carbonyl (C=O) groups excluding carboxylic acids is 1. The number of rotatable bonds is 8. The van der Waals surface area contributed by atoms with Gasteiger partial charge in [0.2, 0.25) is 11.1 Å². The van der Waals surface area contributed by atoms with Crippen molar-refractivity contribution in [1.29, 1.82) is 0 Å². The molecule has 0 saturated carbocycles. The number of hydrogen-bond acceptors (Lipinski definition) is 8. The van der Waals surface area contributed by atoms with Crippen molar-refractivity contribution < 1.29 is 9.53 Å². The highest BCUT2D eigenvalue weighted by Gasteiger charge is 2.14.